The van der Waals surface area contributed by atoms with Gasteiger partial charge in [0.15, 0.2) is 5.82 Å². The third-order valence-electron chi connectivity index (χ3n) is 1.44. The standard InChI is InChI=1S/C6H9N3O3/c7-5-4(6(11)12)3(1-2-10)8-9-5/h10H,1-2H2,(H,11,12)(H3,7,8,9). The van der Waals surface area contributed by atoms with Gasteiger partial charge in [0.25, 0.3) is 0 Å². The fourth-order valence-electron chi connectivity index (χ4n) is 0.925. The Kier molecular flexibility index (Phi) is 2.29. The van der Waals surface area contributed by atoms with E-state index in [1.54, 1.807) is 0 Å². The Morgan fingerprint density at radius 3 is 2.83 bits per heavy atom. The van der Waals surface area contributed by atoms with E-state index in [1.165, 1.54) is 0 Å². The van der Waals surface area contributed by atoms with Crippen LogP contribution in [0.25, 0.3) is 0 Å². The molecule has 0 aliphatic rings. The van der Waals surface area contributed by atoms with E-state index in [9.17, 15) is 4.79 Å². The van der Waals surface area contributed by atoms with Crippen LogP contribution in [0.5, 0.6) is 0 Å². The minimum atomic E-state index is -1.13. The molecule has 0 unspecified atom stereocenters. The minimum absolute atomic E-state index is 0.0500. The molecule has 1 rings (SSSR count). The fraction of sp³-hybridized carbons (Fsp3) is 0.333. The second-order valence-corrected chi connectivity index (χ2v) is 2.24. The van der Waals surface area contributed by atoms with Gasteiger partial charge in [0.1, 0.15) is 5.56 Å². The number of aliphatic hydroxyl groups is 1. The smallest absolute Gasteiger partial charge is 0.341 e. The molecule has 0 aromatic carbocycles. The topological polar surface area (TPSA) is 112 Å². The molecule has 1 aromatic heterocycles. The molecule has 0 spiro atoms. The third kappa shape index (κ3) is 1.37. The number of nitrogens with two attached hydrogens (primary N) is 1. The Labute approximate surface area is 68.0 Å². The van der Waals surface area contributed by atoms with Gasteiger partial charge in [-0.15, -0.1) is 0 Å². The van der Waals surface area contributed by atoms with Gasteiger partial charge in [-0.05, 0) is 0 Å². The van der Waals surface area contributed by atoms with Crippen molar-refractivity contribution in [3.63, 3.8) is 0 Å². The number of rotatable bonds is 3. The molecule has 6 nitrogen and oxygen atoms in total. The molecule has 12 heavy (non-hydrogen) atoms. The highest BCUT2D eigenvalue weighted by Gasteiger charge is 2.16. The summed E-state index contributed by atoms with van der Waals surface area (Å²) >= 11 is 0. The predicted molar refractivity (Wildman–Crippen MR) is 40.7 cm³/mol. The summed E-state index contributed by atoms with van der Waals surface area (Å²) in [5, 5.41) is 23.2. The molecule has 0 saturated heterocycles. The predicted octanol–water partition coefficient (Wildman–Crippen LogP) is -0.775. The summed E-state index contributed by atoms with van der Waals surface area (Å²) in [6.07, 6.45) is 0.214. The molecule has 0 aliphatic heterocycles. The van der Waals surface area contributed by atoms with E-state index >= 15 is 0 Å². The van der Waals surface area contributed by atoms with E-state index in [0.717, 1.165) is 0 Å². The van der Waals surface area contributed by atoms with E-state index in [1.807, 2.05) is 0 Å². The fourth-order valence-corrected chi connectivity index (χ4v) is 0.925. The number of aromatic amines is 1. The van der Waals surface area contributed by atoms with Crippen LogP contribution in [0.3, 0.4) is 0 Å². The molecular weight excluding hydrogens is 162 g/mol. The lowest BCUT2D eigenvalue weighted by molar-refractivity contribution is 0.0697. The van der Waals surface area contributed by atoms with E-state index < -0.39 is 5.97 Å². The number of carboxylic acids is 1. The molecule has 1 aromatic rings. The zero-order valence-electron chi connectivity index (χ0n) is 6.24. The number of H-pyrrole nitrogens is 1. The second-order valence-electron chi connectivity index (χ2n) is 2.24. The van der Waals surface area contributed by atoms with Gasteiger partial charge < -0.3 is 15.9 Å². The first kappa shape index (κ1) is 8.54. The Hall–Kier alpha value is -1.56. The molecule has 0 saturated carbocycles. The molecule has 0 bridgehead atoms. The number of aliphatic hydroxyl groups excluding tert-OH is 1. The maximum absolute atomic E-state index is 10.6. The van der Waals surface area contributed by atoms with E-state index in [4.69, 9.17) is 15.9 Å². The molecule has 0 atom stereocenters. The van der Waals surface area contributed by atoms with Crippen LogP contribution in [0.2, 0.25) is 0 Å². The van der Waals surface area contributed by atoms with Gasteiger partial charge in [-0.25, -0.2) is 4.79 Å². The van der Waals surface area contributed by atoms with Gasteiger partial charge in [0.2, 0.25) is 0 Å². The summed E-state index contributed by atoms with van der Waals surface area (Å²) in [6, 6.07) is 0. The second kappa shape index (κ2) is 3.22. The summed E-state index contributed by atoms with van der Waals surface area (Å²) in [6.45, 7) is -0.137. The third-order valence-corrected chi connectivity index (χ3v) is 1.44. The van der Waals surface area contributed by atoms with Crippen molar-refractivity contribution in [1.29, 1.82) is 0 Å². The number of aromatic carboxylic acids is 1. The Morgan fingerprint density at radius 2 is 2.33 bits per heavy atom. The summed E-state index contributed by atoms with van der Waals surface area (Å²) in [4.78, 5) is 10.6. The van der Waals surface area contributed by atoms with Crippen molar-refractivity contribution < 1.29 is 15.0 Å². The molecule has 5 N–H and O–H groups in total. The summed E-state index contributed by atoms with van der Waals surface area (Å²) in [7, 11) is 0. The van der Waals surface area contributed by atoms with Crippen LogP contribution in [0.1, 0.15) is 16.1 Å². The van der Waals surface area contributed by atoms with Gasteiger partial charge in [-0.2, -0.15) is 5.10 Å². The first-order valence-electron chi connectivity index (χ1n) is 3.33. The van der Waals surface area contributed by atoms with Gasteiger partial charge in [-0.3, -0.25) is 5.10 Å². The number of hydrogen-bond donors (Lipinski definition) is 4. The molecule has 0 aliphatic carbocycles. The van der Waals surface area contributed by atoms with Crippen LogP contribution in [0, 0.1) is 0 Å². The number of anilines is 1. The summed E-state index contributed by atoms with van der Waals surface area (Å²) in [5.41, 5.74) is 5.57. The quantitative estimate of drug-likeness (QED) is 0.476. The van der Waals surface area contributed by atoms with Crippen LogP contribution >= 0.6 is 0 Å². The number of nitrogens with zero attached hydrogens (tertiary/aromatic N) is 1. The van der Waals surface area contributed by atoms with E-state index in [-0.39, 0.29) is 24.4 Å². The average molecular weight is 171 g/mol. The van der Waals surface area contributed by atoms with Crippen molar-refractivity contribution in [1.82, 2.24) is 10.2 Å². The zero-order valence-corrected chi connectivity index (χ0v) is 6.24. The molecule has 0 radical (unpaired) electrons. The van der Waals surface area contributed by atoms with Crippen molar-refractivity contribution in [2.45, 2.75) is 6.42 Å². The largest absolute Gasteiger partial charge is 0.477 e. The van der Waals surface area contributed by atoms with Crippen LogP contribution in [0.4, 0.5) is 5.82 Å². The molecular formula is C6H9N3O3. The first-order valence-corrected chi connectivity index (χ1v) is 3.33. The minimum Gasteiger partial charge on any atom is -0.477 e. The van der Waals surface area contributed by atoms with Gasteiger partial charge >= 0.3 is 5.97 Å². The summed E-state index contributed by atoms with van der Waals surface area (Å²) < 4.78 is 0. The Balaban J connectivity index is 3.04. The average Bonchev–Trinajstić information content (AvgIpc) is 2.32. The van der Waals surface area contributed by atoms with Gasteiger partial charge in [-0.1, -0.05) is 0 Å². The van der Waals surface area contributed by atoms with Crippen molar-refractivity contribution in [3.05, 3.63) is 11.3 Å². The highest BCUT2D eigenvalue weighted by atomic mass is 16.4. The van der Waals surface area contributed by atoms with E-state index in [2.05, 4.69) is 10.2 Å². The maximum Gasteiger partial charge on any atom is 0.341 e. The first-order chi connectivity index (χ1) is 5.66. The number of nitrogen functional groups attached to an aromatic ring is 1. The lowest BCUT2D eigenvalue weighted by Gasteiger charge is -1.95. The molecule has 66 valence electrons. The van der Waals surface area contributed by atoms with Gasteiger partial charge in [0, 0.05) is 13.0 Å². The number of aromatic nitrogens is 2. The van der Waals surface area contributed by atoms with E-state index in [0.29, 0.717) is 5.69 Å². The van der Waals surface area contributed by atoms with Crippen molar-refractivity contribution in [2.75, 3.05) is 12.3 Å². The zero-order chi connectivity index (χ0) is 9.14. The monoisotopic (exact) mass is 171 g/mol. The highest BCUT2D eigenvalue weighted by molar-refractivity contribution is 5.93. The van der Waals surface area contributed by atoms with Crippen molar-refractivity contribution >= 4 is 11.8 Å². The summed E-state index contributed by atoms with van der Waals surface area (Å²) in [5.74, 6) is -1.18. The molecule has 6 heteroatoms. The number of hydrogen-bond acceptors (Lipinski definition) is 4. The number of nitrogens with one attached hydrogen (secondary N) is 1. The van der Waals surface area contributed by atoms with Crippen molar-refractivity contribution in [2.24, 2.45) is 0 Å². The number of carbonyl (C=O) groups is 1. The van der Waals surface area contributed by atoms with Crippen molar-refractivity contribution in [3.8, 4) is 0 Å². The lowest BCUT2D eigenvalue weighted by atomic mass is 10.2. The Morgan fingerprint density at radius 1 is 1.67 bits per heavy atom. The molecule has 0 amide bonds. The molecule has 0 fully saturated rings. The highest BCUT2D eigenvalue weighted by Crippen LogP contribution is 2.13. The van der Waals surface area contributed by atoms with Crippen LogP contribution in [0.15, 0.2) is 0 Å². The van der Waals surface area contributed by atoms with Crippen LogP contribution < -0.4 is 5.73 Å². The normalized spacial score (nSPS) is 10.1. The van der Waals surface area contributed by atoms with Crippen LogP contribution in [-0.4, -0.2) is 33.0 Å². The maximum atomic E-state index is 10.6. The lowest BCUT2D eigenvalue weighted by Crippen LogP contribution is -2.04. The Bertz CT molecular complexity index is 294. The van der Waals surface area contributed by atoms with Crippen LogP contribution in [-0.2, 0) is 6.42 Å². The number of carboxylic acid groups (broad SMARTS) is 1. The molecule has 1 heterocycles. The SMILES string of the molecule is Nc1n[nH]c(CCO)c1C(=O)O. The van der Waals surface area contributed by atoms with Gasteiger partial charge in [0.05, 0.1) is 5.69 Å².